The SMILES string of the molecule is CC[C@H]1[C@@H]2[C@@H](OCCOCCC(=O)NCc3ccc(-c4[nH]c5cc(F)cc6c5c4CCNC6=O)cc3)CCN2C(=O)N1c1ccc(C#N)c(Cl)c1C. The Hall–Kier alpha value is -4.96. The van der Waals surface area contributed by atoms with E-state index in [4.69, 9.17) is 21.1 Å². The summed E-state index contributed by atoms with van der Waals surface area (Å²) in [5, 5.41) is 16.2. The topological polar surface area (TPSA) is 140 Å². The van der Waals surface area contributed by atoms with E-state index in [1.54, 1.807) is 17.0 Å². The molecule has 7 rings (SSSR count). The second-order valence-electron chi connectivity index (χ2n) is 13.4. The molecule has 3 aromatic carbocycles. The molecule has 2 fully saturated rings. The number of carbonyl (C=O) groups is 3. The standard InChI is InChI=1S/C39H40ClFN6O5/c1-3-30-37-32(11-14-46(37)39(50)47(30)31-9-8-25(20-42)35(40)22(31)2)52-17-16-51-15-12-33(48)44-21-23-4-6-24(7-5-23)36-27-10-13-43-38(49)28-18-26(41)19-29(45-36)34(27)28/h4-9,18-19,30,32,37,45H,3,10-17,21H2,1-2H3,(H,43,49)(H,44,48)/t30-,32-,37+/m0/s1. The van der Waals surface area contributed by atoms with Crippen LogP contribution in [0.3, 0.4) is 0 Å². The molecule has 3 atom stereocenters. The summed E-state index contributed by atoms with van der Waals surface area (Å²) in [6.45, 7) is 6.22. The van der Waals surface area contributed by atoms with Crippen LogP contribution in [-0.4, -0.2) is 78.8 Å². The minimum atomic E-state index is -0.465. The van der Waals surface area contributed by atoms with Crippen LogP contribution in [0, 0.1) is 24.1 Å². The number of ether oxygens (including phenoxy) is 2. The largest absolute Gasteiger partial charge is 0.379 e. The number of hydrogen-bond donors (Lipinski definition) is 3. The number of nitrogens with zero attached hydrogens (tertiary/aromatic N) is 3. The van der Waals surface area contributed by atoms with E-state index in [-0.39, 0.29) is 49.1 Å². The summed E-state index contributed by atoms with van der Waals surface area (Å²) >= 11 is 6.44. The lowest BCUT2D eigenvalue weighted by atomic mass is 9.99. The van der Waals surface area contributed by atoms with Gasteiger partial charge in [-0.25, -0.2) is 9.18 Å². The van der Waals surface area contributed by atoms with Crippen molar-refractivity contribution in [2.75, 3.05) is 37.8 Å². The van der Waals surface area contributed by atoms with Gasteiger partial charge in [0.15, 0.2) is 0 Å². The van der Waals surface area contributed by atoms with Gasteiger partial charge in [-0.05, 0) is 72.7 Å². The molecule has 0 saturated carbocycles. The Labute approximate surface area is 306 Å². The highest BCUT2D eigenvalue weighted by atomic mass is 35.5. The summed E-state index contributed by atoms with van der Waals surface area (Å²) in [7, 11) is 0. The van der Waals surface area contributed by atoms with E-state index in [1.807, 2.05) is 36.1 Å². The van der Waals surface area contributed by atoms with Crippen LogP contribution in [0.15, 0.2) is 48.5 Å². The highest BCUT2D eigenvalue weighted by Crippen LogP contribution is 2.41. The number of carbonyl (C=O) groups excluding carboxylic acids is 3. The molecule has 4 heterocycles. The number of anilines is 1. The zero-order valence-corrected chi connectivity index (χ0v) is 29.8. The predicted octanol–water partition coefficient (Wildman–Crippen LogP) is 5.99. The average molecular weight is 727 g/mol. The van der Waals surface area contributed by atoms with Crippen LogP contribution in [0.2, 0.25) is 5.02 Å². The molecule has 4 aromatic rings. The van der Waals surface area contributed by atoms with Crippen LogP contribution in [0.25, 0.3) is 22.2 Å². The van der Waals surface area contributed by atoms with Crippen LogP contribution >= 0.6 is 11.6 Å². The fraction of sp³-hybridized carbons (Fsp3) is 0.385. The molecule has 4 amide bonds. The van der Waals surface area contributed by atoms with Crippen molar-refractivity contribution in [2.45, 2.75) is 64.3 Å². The number of benzene rings is 3. The molecule has 0 spiro atoms. The van der Waals surface area contributed by atoms with Gasteiger partial charge in [0.05, 0.1) is 59.8 Å². The lowest BCUT2D eigenvalue weighted by Gasteiger charge is -2.29. The zero-order valence-electron chi connectivity index (χ0n) is 29.1. The van der Waals surface area contributed by atoms with Gasteiger partial charge in [0.1, 0.15) is 11.9 Å². The highest BCUT2D eigenvalue weighted by Gasteiger charge is 2.53. The molecule has 0 aliphatic carbocycles. The van der Waals surface area contributed by atoms with Crippen LogP contribution in [0.4, 0.5) is 14.9 Å². The predicted molar refractivity (Wildman–Crippen MR) is 195 cm³/mol. The number of rotatable bonds is 12. The number of aromatic nitrogens is 1. The molecule has 0 unspecified atom stereocenters. The van der Waals surface area contributed by atoms with E-state index in [0.717, 1.165) is 40.6 Å². The average Bonchev–Trinajstić information content (AvgIpc) is 3.77. The molecule has 0 radical (unpaired) electrons. The first kappa shape index (κ1) is 35.4. The number of aromatic amines is 1. The molecular weight excluding hydrogens is 687 g/mol. The van der Waals surface area contributed by atoms with Crippen LogP contribution in [-0.2, 0) is 27.2 Å². The van der Waals surface area contributed by atoms with Gasteiger partial charge in [-0.15, -0.1) is 0 Å². The molecule has 3 aliphatic rings. The fourth-order valence-corrected chi connectivity index (χ4v) is 8.05. The Balaban J connectivity index is 0.861. The van der Waals surface area contributed by atoms with Gasteiger partial charge in [0, 0.05) is 42.7 Å². The summed E-state index contributed by atoms with van der Waals surface area (Å²) in [5.74, 6) is -0.871. The fourth-order valence-electron chi connectivity index (χ4n) is 7.85. The molecule has 3 aliphatic heterocycles. The summed E-state index contributed by atoms with van der Waals surface area (Å²) in [6, 6.07) is 15.8. The van der Waals surface area contributed by atoms with Crippen molar-refractivity contribution in [1.82, 2.24) is 20.5 Å². The van der Waals surface area contributed by atoms with Gasteiger partial charge in [-0.1, -0.05) is 42.8 Å². The number of nitrogens with one attached hydrogen (secondary N) is 3. The van der Waals surface area contributed by atoms with Gasteiger partial charge < -0.3 is 30.0 Å². The van der Waals surface area contributed by atoms with Crippen molar-refractivity contribution in [3.05, 3.63) is 87.2 Å². The third kappa shape index (κ3) is 6.60. The normalized spacial score (nSPS) is 19.5. The quantitative estimate of drug-likeness (QED) is 0.153. The van der Waals surface area contributed by atoms with Gasteiger partial charge in [0.25, 0.3) is 5.91 Å². The molecular formula is C39H40ClFN6O5. The molecule has 270 valence electrons. The Bertz CT molecular complexity index is 2080. The number of halogens is 2. The lowest BCUT2D eigenvalue weighted by Crippen LogP contribution is -2.42. The Morgan fingerprint density at radius 1 is 1.13 bits per heavy atom. The van der Waals surface area contributed by atoms with Crippen LogP contribution in [0.5, 0.6) is 0 Å². The number of urea groups is 1. The van der Waals surface area contributed by atoms with Crippen molar-refractivity contribution in [1.29, 1.82) is 5.26 Å². The highest BCUT2D eigenvalue weighted by molar-refractivity contribution is 6.33. The van der Waals surface area contributed by atoms with Gasteiger partial charge in [0.2, 0.25) is 5.91 Å². The van der Waals surface area contributed by atoms with Crippen LogP contribution in [0.1, 0.15) is 58.8 Å². The lowest BCUT2D eigenvalue weighted by molar-refractivity contribution is -0.122. The first-order chi connectivity index (χ1) is 25.2. The summed E-state index contributed by atoms with van der Waals surface area (Å²) < 4.78 is 26.2. The number of H-pyrrole nitrogens is 1. The second-order valence-corrected chi connectivity index (χ2v) is 13.8. The second kappa shape index (κ2) is 14.9. The minimum Gasteiger partial charge on any atom is -0.379 e. The van der Waals surface area contributed by atoms with Gasteiger partial charge in [-0.2, -0.15) is 5.26 Å². The Morgan fingerprint density at radius 3 is 2.71 bits per heavy atom. The maximum absolute atomic E-state index is 14.2. The molecule has 0 bridgehead atoms. The first-order valence-electron chi connectivity index (χ1n) is 17.7. The zero-order chi connectivity index (χ0) is 36.5. The minimum absolute atomic E-state index is 0.0769. The van der Waals surface area contributed by atoms with Gasteiger partial charge in [-0.3, -0.25) is 14.5 Å². The Kier molecular flexibility index (Phi) is 10.2. The summed E-state index contributed by atoms with van der Waals surface area (Å²) in [4.78, 5) is 45.6. The number of nitriles is 1. The third-order valence-corrected chi connectivity index (χ3v) is 10.9. The molecule has 13 heteroatoms. The number of hydrogen-bond acceptors (Lipinski definition) is 6. The maximum atomic E-state index is 14.2. The van der Waals surface area contributed by atoms with E-state index in [9.17, 15) is 24.0 Å². The van der Waals surface area contributed by atoms with E-state index in [0.29, 0.717) is 72.2 Å². The number of amides is 4. The third-order valence-electron chi connectivity index (χ3n) is 10.4. The van der Waals surface area contributed by atoms with E-state index >= 15 is 0 Å². The van der Waals surface area contributed by atoms with Crippen molar-refractivity contribution in [2.24, 2.45) is 0 Å². The van der Waals surface area contributed by atoms with Crippen LogP contribution < -0.4 is 15.5 Å². The molecule has 3 N–H and O–H groups in total. The maximum Gasteiger partial charge on any atom is 0.325 e. The van der Waals surface area contributed by atoms with Crippen molar-refractivity contribution < 1.29 is 28.2 Å². The van der Waals surface area contributed by atoms with E-state index in [1.165, 1.54) is 12.1 Å². The first-order valence-corrected chi connectivity index (χ1v) is 18.0. The molecule has 2 saturated heterocycles. The summed E-state index contributed by atoms with van der Waals surface area (Å²) in [6.07, 6.45) is 2.16. The molecule has 11 nitrogen and oxygen atoms in total. The number of fused-ring (bicyclic) bond motifs is 1. The molecule has 1 aromatic heterocycles. The monoisotopic (exact) mass is 726 g/mol. The smallest absolute Gasteiger partial charge is 0.325 e. The van der Waals surface area contributed by atoms with Crippen molar-refractivity contribution >= 4 is 46.0 Å². The Morgan fingerprint density at radius 2 is 1.94 bits per heavy atom. The van der Waals surface area contributed by atoms with Gasteiger partial charge >= 0.3 is 6.03 Å². The van der Waals surface area contributed by atoms with Crippen molar-refractivity contribution in [3.63, 3.8) is 0 Å². The van der Waals surface area contributed by atoms with Crippen molar-refractivity contribution in [3.8, 4) is 17.3 Å². The molecule has 52 heavy (non-hydrogen) atoms. The summed E-state index contributed by atoms with van der Waals surface area (Å²) in [5.41, 5.74) is 6.41. The van der Waals surface area contributed by atoms with E-state index < -0.39 is 5.82 Å². The van der Waals surface area contributed by atoms with E-state index in [2.05, 4.69) is 28.6 Å².